The lowest BCUT2D eigenvalue weighted by Gasteiger charge is -2.11. The average Bonchev–Trinajstić information content (AvgIpc) is 2.63. The number of amides is 1. The Morgan fingerprint density at radius 2 is 1.93 bits per heavy atom. The summed E-state index contributed by atoms with van der Waals surface area (Å²) in [5, 5.41) is 2.12. The molecule has 2 N–H and O–H groups in total. The van der Waals surface area contributed by atoms with Gasteiger partial charge in [-0.15, -0.1) is 0 Å². The van der Waals surface area contributed by atoms with Gasteiger partial charge in [-0.05, 0) is 30.3 Å². The Kier molecular flexibility index (Phi) is 7.69. The van der Waals surface area contributed by atoms with Gasteiger partial charge in [0.2, 0.25) is 10.0 Å². The maximum atomic E-state index is 13.5. The topological polar surface area (TPSA) is 93.7 Å². The fourth-order valence-electron chi connectivity index (χ4n) is 2.05. The number of nitrogens with one attached hydrogen (secondary N) is 2. The third-order valence-electron chi connectivity index (χ3n) is 3.37. The van der Waals surface area contributed by atoms with Gasteiger partial charge in [0.1, 0.15) is 17.4 Å². The molecule has 0 bridgehead atoms. The zero-order valence-corrected chi connectivity index (χ0v) is 16.2. The number of benzene rings is 2. The Labute approximate surface area is 165 Å². The van der Waals surface area contributed by atoms with E-state index in [1.54, 1.807) is 0 Å². The summed E-state index contributed by atoms with van der Waals surface area (Å²) in [5.41, 5.74) is -0.330. The molecular formula is C17H17ClF2N2O5S. The Morgan fingerprint density at radius 3 is 2.61 bits per heavy atom. The summed E-state index contributed by atoms with van der Waals surface area (Å²) in [6.07, 6.45) is 0. The maximum absolute atomic E-state index is 13.5. The van der Waals surface area contributed by atoms with Crippen molar-refractivity contribution in [2.45, 2.75) is 4.90 Å². The third-order valence-corrected chi connectivity index (χ3v) is 5.13. The molecule has 7 nitrogen and oxygen atoms in total. The number of hydrogen-bond donors (Lipinski definition) is 2. The second-order valence-electron chi connectivity index (χ2n) is 5.44. The molecule has 28 heavy (non-hydrogen) atoms. The predicted octanol–water partition coefficient (Wildman–Crippen LogP) is 2.56. The van der Waals surface area contributed by atoms with E-state index in [0.717, 1.165) is 24.3 Å². The van der Waals surface area contributed by atoms with Crippen molar-refractivity contribution in [1.82, 2.24) is 4.72 Å². The molecule has 0 unspecified atom stereocenters. The summed E-state index contributed by atoms with van der Waals surface area (Å²) in [7, 11) is -2.34. The summed E-state index contributed by atoms with van der Waals surface area (Å²) in [6.45, 7) is -0.255. The van der Waals surface area contributed by atoms with Gasteiger partial charge in [-0.25, -0.2) is 21.9 Å². The first kappa shape index (κ1) is 22.0. The van der Waals surface area contributed by atoms with E-state index in [1.807, 2.05) is 0 Å². The number of carbonyl (C=O) groups excluding carboxylic acids is 1. The molecule has 0 atom stereocenters. The Bertz CT molecular complexity index is 957. The van der Waals surface area contributed by atoms with E-state index >= 15 is 0 Å². The Morgan fingerprint density at radius 1 is 1.18 bits per heavy atom. The third kappa shape index (κ3) is 6.13. The molecule has 2 aromatic rings. The minimum atomic E-state index is -3.78. The highest BCUT2D eigenvalue weighted by Gasteiger charge is 2.16. The highest BCUT2D eigenvalue weighted by atomic mass is 35.5. The molecule has 0 heterocycles. The van der Waals surface area contributed by atoms with Crippen LogP contribution < -0.4 is 14.8 Å². The second kappa shape index (κ2) is 9.78. The van der Waals surface area contributed by atoms with Crippen LogP contribution in [0.5, 0.6) is 5.75 Å². The Balaban J connectivity index is 1.99. The lowest BCUT2D eigenvalue weighted by Crippen LogP contribution is -2.27. The number of ether oxygens (including phenoxy) is 2. The zero-order chi connectivity index (χ0) is 20.7. The van der Waals surface area contributed by atoms with E-state index in [4.69, 9.17) is 21.1 Å². The van der Waals surface area contributed by atoms with E-state index in [-0.39, 0.29) is 34.5 Å². The maximum Gasteiger partial charge on any atom is 0.262 e. The summed E-state index contributed by atoms with van der Waals surface area (Å²) >= 11 is 6.00. The number of carbonyl (C=O) groups is 1. The molecule has 0 aliphatic carbocycles. The molecule has 0 spiro atoms. The molecular weight excluding hydrogens is 418 g/mol. The molecule has 1 amide bonds. The summed E-state index contributed by atoms with van der Waals surface area (Å²) in [5.74, 6) is -2.22. The van der Waals surface area contributed by atoms with Gasteiger partial charge in [0.05, 0.1) is 22.2 Å². The van der Waals surface area contributed by atoms with Crippen LogP contribution in [0.25, 0.3) is 0 Å². The first-order chi connectivity index (χ1) is 13.2. The molecule has 0 fully saturated rings. The monoisotopic (exact) mass is 434 g/mol. The van der Waals surface area contributed by atoms with Gasteiger partial charge in [-0.3, -0.25) is 4.79 Å². The number of sulfonamides is 1. The van der Waals surface area contributed by atoms with Crippen molar-refractivity contribution in [3.05, 3.63) is 53.1 Å². The molecule has 2 aromatic carbocycles. The van der Waals surface area contributed by atoms with Gasteiger partial charge in [-0.1, -0.05) is 11.6 Å². The van der Waals surface area contributed by atoms with E-state index in [0.29, 0.717) is 0 Å². The van der Waals surface area contributed by atoms with Gasteiger partial charge in [0.25, 0.3) is 5.91 Å². The molecule has 2 rings (SSSR count). The second-order valence-corrected chi connectivity index (χ2v) is 7.62. The SMILES string of the molecule is COCCNS(=O)(=O)c1ccc(OCC(=O)Nc2cc(F)ccc2F)c(Cl)c1. The molecule has 152 valence electrons. The van der Waals surface area contributed by atoms with Crippen molar-refractivity contribution >= 4 is 33.2 Å². The van der Waals surface area contributed by atoms with E-state index in [9.17, 15) is 22.0 Å². The van der Waals surface area contributed by atoms with Crippen LogP contribution in [-0.4, -0.2) is 41.2 Å². The highest BCUT2D eigenvalue weighted by molar-refractivity contribution is 7.89. The van der Waals surface area contributed by atoms with Crippen LogP contribution in [0.15, 0.2) is 41.3 Å². The molecule has 0 aliphatic rings. The number of hydrogen-bond acceptors (Lipinski definition) is 5. The predicted molar refractivity (Wildman–Crippen MR) is 99.0 cm³/mol. The minimum Gasteiger partial charge on any atom is -0.482 e. The van der Waals surface area contributed by atoms with Crippen LogP contribution in [0.2, 0.25) is 5.02 Å². The zero-order valence-electron chi connectivity index (χ0n) is 14.7. The van der Waals surface area contributed by atoms with Crippen LogP contribution in [0.3, 0.4) is 0 Å². The van der Waals surface area contributed by atoms with Crippen LogP contribution in [0.1, 0.15) is 0 Å². The van der Waals surface area contributed by atoms with E-state index in [1.165, 1.54) is 19.2 Å². The van der Waals surface area contributed by atoms with E-state index < -0.39 is 34.2 Å². The van der Waals surface area contributed by atoms with Gasteiger partial charge in [-0.2, -0.15) is 0 Å². The van der Waals surface area contributed by atoms with Gasteiger partial charge in [0.15, 0.2) is 6.61 Å². The first-order valence-electron chi connectivity index (χ1n) is 7.89. The van der Waals surface area contributed by atoms with E-state index in [2.05, 4.69) is 10.0 Å². The fraction of sp³-hybridized carbons (Fsp3) is 0.235. The normalized spacial score (nSPS) is 11.3. The van der Waals surface area contributed by atoms with Gasteiger partial charge >= 0.3 is 0 Å². The van der Waals surface area contributed by atoms with Crippen molar-refractivity contribution in [3.63, 3.8) is 0 Å². The minimum absolute atomic E-state index is 0.0423. The molecule has 11 heteroatoms. The average molecular weight is 435 g/mol. The van der Waals surface area contributed by atoms with Crippen LogP contribution >= 0.6 is 11.6 Å². The largest absolute Gasteiger partial charge is 0.482 e. The summed E-state index contributed by atoms with van der Waals surface area (Å²) in [4.78, 5) is 11.8. The lowest BCUT2D eigenvalue weighted by molar-refractivity contribution is -0.118. The van der Waals surface area contributed by atoms with Crippen molar-refractivity contribution in [2.75, 3.05) is 32.2 Å². The van der Waals surface area contributed by atoms with Crippen LogP contribution in [0.4, 0.5) is 14.5 Å². The molecule has 0 aliphatic heterocycles. The summed E-state index contributed by atoms with van der Waals surface area (Å²) < 4.78 is 63.1. The molecule has 0 aromatic heterocycles. The quantitative estimate of drug-likeness (QED) is 0.592. The van der Waals surface area contributed by atoms with Gasteiger partial charge in [0, 0.05) is 19.7 Å². The number of anilines is 1. The van der Waals surface area contributed by atoms with Gasteiger partial charge < -0.3 is 14.8 Å². The first-order valence-corrected chi connectivity index (χ1v) is 9.75. The van der Waals surface area contributed by atoms with Crippen LogP contribution in [0, 0.1) is 11.6 Å². The fourth-order valence-corrected chi connectivity index (χ4v) is 3.39. The molecule has 0 radical (unpaired) electrons. The number of methoxy groups -OCH3 is 1. The molecule has 0 saturated heterocycles. The summed E-state index contributed by atoms with van der Waals surface area (Å²) in [6, 6.07) is 6.32. The lowest BCUT2D eigenvalue weighted by atomic mass is 10.3. The number of rotatable bonds is 9. The van der Waals surface area contributed by atoms with Crippen molar-refractivity contribution < 1.29 is 31.5 Å². The standard InChI is InChI=1S/C17H17ClF2N2O5S/c1-26-7-6-21-28(24,25)12-3-5-16(13(18)9-12)27-10-17(23)22-15-8-11(19)2-4-14(15)20/h2-5,8-9,21H,6-7,10H2,1H3,(H,22,23). The number of halogens is 3. The molecule has 0 saturated carbocycles. The van der Waals surface area contributed by atoms with Crippen molar-refractivity contribution in [3.8, 4) is 5.75 Å². The smallest absolute Gasteiger partial charge is 0.262 e. The van der Waals surface area contributed by atoms with Crippen LogP contribution in [-0.2, 0) is 19.6 Å². The Hall–Kier alpha value is -2.27. The van der Waals surface area contributed by atoms with Crippen molar-refractivity contribution in [1.29, 1.82) is 0 Å². The highest BCUT2D eigenvalue weighted by Crippen LogP contribution is 2.27. The van der Waals surface area contributed by atoms with Crippen molar-refractivity contribution in [2.24, 2.45) is 0 Å².